The van der Waals surface area contributed by atoms with Gasteiger partial charge in [-0.2, -0.15) is 0 Å². The highest BCUT2D eigenvalue weighted by atomic mass is 32.2. The Morgan fingerprint density at radius 2 is 1.93 bits per heavy atom. The molecule has 1 atom stereocenters. The fraction of sp³-hybridized carbons (Fsp3) is 0.435. The molecule has 0 radical (unpaired) electrons. The Hall–Kier alpha value is -2.38. The number of rotatable bonds is 8. The van der Waals surface area contributed by atoms with Crippen molar-refractivity contribution in [2.75, 3.05) is 37.5 Å². The molecule has 1 N–H and O–H groups in total. The van der Waals surface area contributed by atoms with Crippen LogP contribution < -0.4 is 9.62 Å². The average Bonchev–Trinajstić information content (AvgIpc) is 2.77. The first-order valence-electron chi connectivity index (χ1n) is 10.5. The second-order valence-corrected chi connectivity index (χ2v) is 9.96. The molecule has 1 aliphatic heterocycles. The highest BCUT2D eigenvalue weighted by molar-refractivity contribution is 7.92. The molecule has 1 fully saturated rings. The number of nitrogens with zero attached hydrogens (tertiary/aromatic N) is 2. The number of hydrogen-bond donors (Lipinski definition) is 1. The molecule has 0 unspecified atom stereocenters. The maximum atomic E-state index is 13.0. The van der Waals surface area contributed by atoms with Gasteiger partial charge in [0.15, 0.2) is 0 Å². The van der Waals surface area contributed by atoms with Crippen LogP contribution >= 0.6 is 0 Å². The number of hydrogen-bond acceptors (Lipinski definition) is 4. The number of para-hydroxylation sites is 1. The molecule has 0 spiro atoms. The standard InChI is InChI=1S/C23H31N3O3S/c1-19-9-7-15-26(18-19)16-8-14-24-23(27)20-10-6-13-22(17-20)30(28,29)25(2)21-11-4-3-5-12-21/h3-6,10-13,17,19H,7-9,14-16,18H2,1-2H3,(H,24,27)/t19-/m1/s1. The summed E-state index contributed by atoms with van der Waals surface area (Å²) in [7, 11) is -2.23. The molecule has 0 bridgehead atoms. The van der Waals surface area contributed by atoms with Crippen molar-refractivity contribution in [2.24, 2.45) is 5.92 Å². The van der Waals surface area contributed by atoms with Crippen LogP contribution in [-0.2, 0) is 10.0 Å². The fourth-order valence-electron chi connectivity index (χ4n) is 3.83. The van der Waals surface area contributed by atoms with Crippen LogP contribution in [0.5, 0.6) is 0 Å². The lowest BCUT2D eigenvalue weighted by Crippen LogP contribution is -2.36. The summed E-state index contributed by atoms with van der Waals surface area (Å²) in [5, 5.41) is 2.92. The van der Waals surface area contributed by atoms with Gasteiger partial charge in [0.05, 0.1) is 10.6 Å². The molecule has 30 heavy (non-hydrogen) atoms. The second-order valence-electron chi connectivity index (χ2n) is 7.99. The second kappa shape index (κ2) is 10.1. The number of benzene rings is 2. The van der Waals surface area contributed by atoms with E-state index in [4.69, 9.17) is 0 Å². The van der Waals surface area contributed by atoms with E-state index in [1.807, 2.05) is 6.07 Å². The number of nitrogens with one attached hydrogen (secondary N) is 1. The van der Waals surface area contributed by atoms with Gasteiger partial charge in [-0.3, -0.25) is 9.10 Å². The molecule has 1 amide bonds. The van der Waals surface area contributed by atoms with Gasteiger partial charge in [-0.1, -0.05) is 31.2 Å². The van der Waals surface area contributed by atoms with Crippen molar-refractivity contribution in [3.63, 3.8) is 0 Å². The normalized spacial score (nSPS) is 17.5. The third-order valence-electron chi connectivity index (χ3n) is 5.55. The minimum atomic E-state index is -3.75. The molecule has 1 aliphatic rings. The van der Waals surface area contributed by atoms with Gasteiger partial charge in [-0.05, 0) is 68.6 Å². The summed E-state index contributed by atoms with van der Waals surface area (Å²) in [5.74, 6) is 0.494. The van der Waals surface area contributed by atoms with Gasteiger partial charge in [0.25, 0.3) is 15.9 Å². The van der Waals surface area contributed by atoms with E-state index in [-0.39, 0.29) is 10.8 Å². The van der Waals surface area contributed by atoms with Crippen molar-refractivity contribution in [3.8, 4) is 0 Å². The van der Waals surface area contributed by atoms with Gasteiger partial charge in [-0.25, -0.2) is 8.42 Å². The Balaban J connectivity index is 1.58. The zero-order valence-electron chi connectivity index (χ0n) is 17.8. The molecule has 0 aliphatic carbocycles. The summed E-state index contributed by atoms with van der Waals surface area (Å²) in [6.07, 6.45) is 3.42. The SMILES string of the molecule is C[C@@H]1CCCN(CCCNC(=O)c2cccc(S(=O)(=O)N(C)c3ccccc3)c2)C1. The van der Waals surface area contributed by atoms with Gasteiger partial charge in [0, 0.05) is 25.7 Å². The molecule has 2 aromatic carbocycles. The van der Waals surface area contributed by atoms with E-state index in [2.05, 4.69) is 17.1 Å². The molecular formula is C23H31N3O3S. The van der Waals surface area contributed by atoms with E-state index >= 15 is 0 Å². The van der Waals surface area contributed by atoms with Gasteiger partial charge in [0.2, 0.25) is 0 Å². The quantitative estimate of drug-likeness (QED) is 0.653. The van der Waals surface area contributed by atoms with Gasteiger partial charge in [0.1, 0.15) is 0 Å². The topological polar surface area (TPSA) is 69.7 Å². The zero-order chi connectivity index (χ0) is 21.6. The molecule has 0 saturated carbocycles. The summed E-state index contributed by atoms with van der Waals surface area (Å²) in [5.41, 5.74) is 0.920. The van der Waals surface area contributed by atoms with Crippen molar-refractivity contribution in [1.29, 1.82) is 0 Å². The van der Waals surface area contributed by atoms with E-state index in [0.717, 1.165) is 32.0 Å². The van der Waals surface area contributed by atoms with E-state index < -0.39 is 10.0 Å². The molecule has 0 aromatic heterocycles. The number of carbonyl (C=O) groups excluding carboxylic acids is 1. The summed E-state index contributed by atoms with van der Waals surface area (Å²) < 4.78 is 27.1. The molecule has 7 heteroatoms. The lowest BCUT2D eigenvalue weighted by atomic mass is 10.0. The van der Waals surface area contributed by atoms with E-state index in [1.165, 1.54) is 36.3 Å². The molecule has 2 aromatic rings. The number of amides is 1. The molecule has 1 heterocycles. The fourth-order valence-corrected chi connectivity index (χ4v) is 5.07. The van der Waals surface area contributed by atoms with Crippen LogP contribution in [0.25, 0.3) is 0 Å². The van der Waals surface area contributed by atoms with Crippen LogP contribution in [-0.4, -0.2) is 52.5 Å². The maximum absolute atomic E-state index is 13.0. The van der Waals surface area contributed by atoms with Gasteiger partial charge in [-0.15, -0.1) is 0 Å². The Kier molecular flexibility index (Phi) is 7.50. The molecule has 1 saturated heterocycles. The van der Waals surface area contributed by atoms with Crippen molar-refractivity contribution in [2.45, 2.75) is 31.1 Å². The third kappa shape index (κ3) is 5.61. The van der Waals surface area contributed by atoms with Crippen molar-refractivity contribution < 1.29 is 13.2 Å². The van der Waals surface area contributed by atoms with E-state index in [1.54, 1.807) is 36.4 Å². The maximum Gasteiger partial charge on any atom is 0.264 e. The summed E-state index contributed by atoms with van der Waals surface area (Å²) >= 11 is 0. The Morgan fingerprint density at radius 1 is 1.17 bits per heavy atom. The Labute approximate surface area is 179 Å². The smallest absolute Gasteiger partial charge is 0.264 e. The lowest BCUT2D eigenvalue weighted by Gasteiger charge is -2.30. The highest BCUT2D eigenvalue weighted by Gasteiger charge is 2.22. The summed E-state index contributed by atoms with van der Waals surface area (Å²) in [6, 6.07) is 15.1. The summed E-state index contributed by atoms with van der Waals surface area (Å²) in [4.78, 5) is 15.1. The van der Waals surface area contributed by atoms with Crippen molar-refractivity contribution in [1.82, 2.24) is 10.2 Å². The molecule has 6 nitrogen and oxygen atoms in total. The first-order valence-corrected chi connectivity index (χ1v) is 12.0. The number of sulfonamides is 1. The average molecular weight is 430 g/mol. The van der Waals surface area contributed by atoms with Crippen LogP contribution in [0.15, 0.2) is 59.5 Å². The third-order valence-corrected chi connectivity index (χ3v) is 7.33. The van der Waals surface area contributed by atoms with Crippen LogP contribution in [0.4, 0.5) is 5.69 Å². The Morgan fingerprint density at radius 3 is 2.67 bits per heavy atom. The predicted octanol–water partition coefficient (Wildman–Crippen LogP) is 3.36. The first kappa shape index (κ1) is 22.3. The van der Waals surface area contributed by atoms with Gasteiger partial charge >= 0.3 is 0 Å². The number of piperidine rings is 1. The van der Waals surface area contributed by atoms with Crippen LogP contribution in [0.1, 0.15) is 36.5 Å². The van der Waals surface area contributed by atoms with Gasteiger partial charge < -0.3 is 10.2 Å². The van der Waals surface area contributed by atoms with Crippen molar-refractivity contribution in [3.05, 3.63) is 60.2 Å². The minimum Gasteiger partial charge on any atom is -0.352 e. The number of anilines is 1. The number of carbonyl (C=O) groups is 1. The molecule has 3 rings (SSSR count). The highest BCUT2D eigenvalue weighted by Crippen LogP contribution is 2.22. The monoisotopic (exact) mass is 429 g/mol. The predicted molar refractivity (Wildman–Crippen MR) is 120 cm³/mol. The molecule has 162 valence electrons. The van der Waals surface area contributed by atoms with Crippen LogP contribution in [0.3, 0.4) is 0 Å². The molecular weight excluding hydrogens is 398 g/mol. The van der Waals surface area contributed by atoms with Crippen LogP contribution in [0, 0.1) is 5.92 Å². The first-order chi connectivity index (χ1) is 14.4. The Bertz CT molecular complexity index is 947. The summed E-state index contributed by atoms with van der Waals surface area (Å²) in [6.45, 7) is 6.09. The zero-order valence-corrected chi connectivity index (χ0v) is 18.6. The largest absolute Gasteiger partial charge is 0.352 e. The minimum absolute atomic E-state index is 0.101. The number of likely N-dealkylation sites (tertiary alicyclic amines) is 1. The van der Waals surface area contributed by atoms with Crippen molar-refractivity contribution >= 4 is 21.6 Å². The van der Waals surface area contributed by atoms with E-state index in [9.17, 15) is 13.2 Å². The van der Waals surface area contributed by atoms with E-state index in [0.29, 0.717) is 17.8 Å². The van der Waals surface area contributed by atoms with Crippen LogP contribution in [0.2, 0.25) is 0 Å². The lowest BCUT2D eigenvalue weighted by molar-refractivity contribution is 0.0950.